The zero-order chi connectivity index (χ0) is 13.8. The number of aromatic nitrogens is 2. The second-order valence-corrected chi connectivity index (χ2v) is 4.73. The van der Waals surface area contributed by atoms with Crippen LogP contribution in [-0.2, 0) is 6.54 Å². The molecule has 0 spiro atoms. The first kappa shape index (κ1) is 12.8. The molecule has 1 aliphatic heterocycles. The predicted molar refractivity (Wildman–Crippen MR) is 72.6 cm³/mol. The second-order valence-electron chi connectivity index (χ2n) is 4.73. The molecule has 3 rings (SSSR count). The van der Waals surface area contributed by atoms with E-state index < -0.39 is 0 Å². The Labute approximate surface area is 117 Å². The van der Waals surface area contributed by atoms with E-state index in [4.69, 9.17) is 9.78 Å². The van der Waals surface area contributed by atoms with Gasteiger partial charge in [-0.1, -0.05) is 11.2 Å². The van der Waals surface area contributed by atoms with Gasteiger partial charge in [0.05, 0.1) is 18.2 Å². The molecule has 0 unspecified atom stereocenters. The lowest BCUT2D eigenvalue weighted by Crippen LogP contribution is -2.43. The summed E-state index contributed by atoms with van der Waals surface area (Å²) in [5.41, 5.74) is 1.37. The van der Waals surface area contributed by atoms with Crippen molar-refractivity contribution in [1.29, 1.82) is 5.26 Å². The highest BCUT2D eigenvalue weighted by molar-refractivity contribution is 5.55. The summed E-state index contributed by atoms with van der Waals surface area (Å²) in [6, 6.07) is 9.29. The van der Waals surface area contributed by atoms with Crippen molar-refractivity contribution in [2.45, 2.75) is 6.54 Å². The van der Waals surface area contributed by atoms with Crippen LogP contribution in [0.4, 0.5) is 0 Å². The molecule has 0 aliphatic carbocycles. The third-order valence-corrected chi connectivity index (χ3v) is 3.28. The van der Waals surface area contributed by atoms with Gasteiger partial charge >= 0.3 is 0 Å². The van der Waals surface area contributed by atoms with Crippen molar-refractivity contribution >= 4 is 0 Å². The SMILES string of the molecule is N#Cc1cccc(-c2nc(CN3CCNCC3)no2)c1. The van der Waals surface area contributed by atoms with Gasteiger partial charge in [0.25, 0.3) is 5.89 Å². The average Bonchev–Trinajstić information content (AvgIpc) is 2.97. The number of nitriles is 1. The fourth-order valence-electron chi connectivity index (χ4n) is 2.23. The van der Waals surface area contributed by atoms with Crippen LogP contribution in [0.15, 0.2) is 28.8 Å². The number of nitrogens with one attached hydrogen (secondary N) is 1. The van der Waals surface area contributed by atoms with Crippen molar-refractivity contribution in [3.8, 4) is 17.5 Å². The molecule has 2 heterocycles. The Bertz CT molecular complexity index is 624. The molecule has 0 saturated carbocycles. The molecule has 0 atom stereocenters. The molecular formula is C14H15N5O. The summed E-state index contributed by atoms with van der Waals surface area (Å²) in [6.45, 7) is 4.68. The van der Waals surface area contributed by atoms with Crippen LogP contribution in [0.2, 0.25) is 0 Å². The van der Waals surface area contributed by atoms with Crippen molar-refractivity contribution < 1.29 is 4.52 Å². The molecule has 0 bridgehead atoms. The predicted octanol–water partition coefficient (Wildman–Crippen LogP) is 1.01. The van der Waals surface area contributed by atoms with Gasteiger partial charge in [-0.05, 0) is 18.2 Å². The van der Waals surface area contributed by atoms with E-state index in [2.05, 4.69) is 26.4 Å². The van der Waals surface area contributed by atoms with Crippen LogP contribution in [0.3, 0.4) is 0 Å². The number of hydrogen-bond acceptors (Lipinski definition) is 6. The highest BCUT2D eigenvalue weighted by Crippen LogP contribution is 2.18. The van der Waals surface area contributed by atoms with Gasteiger partial charge in [0, 0.05) is 31.7 Å². The Hall–Kier alpha value is -2.23. The summed E-state index contributed by atoms with van der Waals surface area (Å²) in [5.74, 6) is 1.15. The van der Waals surface area contributed by atoms with E-state index in [0.29, 0.717) is 23.8 Å². The van der Waals surface area contributed by atoms with Crippen LogP contribution in [0.1, 0.15) is 11.4 Å². The van der Waals surface area contributed by atoms with Gasteiger partial charge in [0.2, 0.25) is 0 Å². The van der Waals surface area contributed by atoms with E-state index >= 15 is 0 Å². The Kier molecular flexibility index (Phi) is 3.72. The summed E-state index contributed by atoms with van der Waals surface area (Å²) >= 11 is 0. The summed E-state index contributed by atoms with van der Waals surface area (Å²) in [6.07, 6.45) is 0. The second kappa shape index (κ2) is 5.82. The average molecular weight is 269 g/mol. The van der Waals surface area contributed by atoms with Crippen LogP contribution in [0, 0.1) is 11.3 Å². The van der Waals surface area contributed by atoms with Gasteiger partial charge in [-0.25, -0.2) is 0 Å². The Morgan fingerprint density at radius 3 is 3.00 bits per heavy atom. The maximum atomic E-state index is 8.90. The lowest BCUT2D eigenvalue weighted by molar-refractivity contribution is 0.225. The van der Waals surface area contributed by atoms with Crippen molar-refractivity contribution in [3.05, 3.63) is 35.7 Å². The molecule has 1 aromatic carbocycles. The topological polar surface area (TPSA) is 78.0 Å². The molecule has 0 amide bonds. The zero-order valence-corrected chi connectivity index (χ0v) is 11.0. The van der Waals surface area contributed by atoms with Crippen LogP contribution in [0.25, 0.3) is 11.5 Å². The third kappa shape index (κ3) is 2.85. The van der Waals surface area contributed by atoms with E-state index in [1.54, 1.807) is 12.1 Å². The Morgan fingerprint density at radius 1 is 1.35 bits per heavy atom. The maximum Gasteiger partial charge on any atom is 0.258 e. The molecule has 6 nitrogen and oxygen atoms in total. The minimum atomic E-state index is 0.465. The molecule has 1 N–H and O–H groups in total. The highest BCUT2D eigenvalue weighted by Gasteiger charge is 2.14. The van der Waals surface area contributed by atoms with Gasteiger partial charge < -0.3 is 9.84 Å². The van der Waals surface area contributed by atoms with Crippen LogP contribution < -0.4 is 5.32 Å². The first-order valence-electron chi connectivity index (χ1n) is 6.61. The summed E-state index contributed by atoms with van der Waals surface area (Å²) in [7, 11) is 0. The molecule has 1 fully saturated rings. The molecule has 102 valence electrons. The molecule has 20 heavy (non-hydrogen) atoms. The van der Waals surface area contributed by atoms with Gasteiger partial charge in [-0.2, -0.15) is 10.2 Å². The fraction of sp³-hybridized carbons (Fsp3) is 0.357. The summed E-state index contributed by atoms with van der Waals surface area (Å²) in [5, 5.41) is 16.2. The van der Waals surface area contributed by atoms with Gasteiger partial charge in [0.1, 0.15) is 0 Å². The number of nitrogens with zero attached hydrogens (tertiary/aromatic N) is 4. The lowest BCUT2D eigenvalue weighted by Gasteiger charge is -2.25. The smallest absolute Gasteiger partial charge is 0.258 e. The quantitative estimate of drug-likeness (QED) is 0.896. The van der Waals surface area contributed by atoms with Crippen molar-refractivity contribution in [1.82, 2.24) is 20.4 Å². The monoisotopic (exact) mass is 269 g/mol. The van der Waals surface area contributed by atoms with Crippen LogP contribution in [-0.4, -0.2) is 41.2 Å². The zero-order valence-electron chi connectivity index (χ0n) is 11.0. The number of hydrogen-bond donors (Lipinski definition) is 1. The van der Waals surface area contributed by atoms with Crippen molar-refractivity contribution in [2.75, 3.05) is 26.2 Å². The number of rotatable bonds is 3. The first-order valence-corrected chi connectivity index (χ1v) is 6.61. The number of benzene rings is 1. The molecule has 2 aromatic rings. The number of piperazine rings is 1. The minimum Gasteiger partial charge on any atom is -0.334 e. The van der Waals surface area contributed by atoms with Gasteiger partial charge in [-0.15, -0.1) is 0 Å². The van der Waals surface area contributed by atoms with Gasteiger partial charge in [-0.3, -0.25) is 4.90 Å². The fourth-order valence-corrected chi connectivity index (χ4v) is 2.23. The molecule has 6 heteroatoms. The first-order chi connectivity index (χ1) is 9.85. The molecular weight excluding hydrogens is 254 g/mol. The largest absolute Gasteiger partial charge is 0.334 e. The maximum absolute atomic E-state index is 8.90. The van der Waals surface area contributed by atoms with Gasteiger partial charge in [0.15, 0.2) is 5.82 Å². The van der Waals surface area contributed by atoms with Crippen LogP contribution in [0.5, 0.6) is 0 Å². The normalized spacial score (nSPS) is 15.9. The van der Waals surface area contributed by atoms with Crippen LogP contribution >= 0.6 is 0 Å². The molecule has 0 radical (unpaired) electrons. The van der Waals surface area contributed by atoms with E-state index in [-0.39, 0.29) is 0 Å². The van der Waals surface area contributed by atoms with E-state index in [1.165, 1.54) is 0 Å². The lowest BCUT2D eigenvalue weighted by atomic mass is 10.1. The minimum absolute atomic E-state index is 0.465. The van der Waals surface area contributed by atoms with E-state index in [0.717, 1.165) is 31.7 Å². The standard InChI is InChI=1S/C14H15N5O/c15-9-11-2-1-3-12(8-11)14-17-13(18-20-14)10-19-6-4-16-5-7-19/h1-3,8,16H,4-7,10H2. The third-order valence-electron chi connectivity index (χ3n) is 3.28. The molecule has 1 aromatic heterocycles. The summed E-state index contributed by atoms with van der Waals surface area (Å²) in [4.78, 5) is 6.69. The van der Waals surface area contributed by atoms with Crippen molar-refractivity contribution in [2.24, 2.45) is 0 Å². The summed E-state index contributed by atoms with van der Waals surface area (Å²) < 4.78 is 5.28. The van der Waals surface area contributed by atoms with Crippen molar-refractivity contribution in [3.63, 3.8) is 0 Å². The Morgan fingerprint density at radius 2 is 2.20 bits per heavy atom. The van der Waals surface area contributed by atoms with E-state index in [9.17, 15) is 0 Å². The molecule has 1 aliphatic rings. The highest BCUT2D eigenvalue weighted by atomic mass is 16.5. The van der Waals surface area contributed by atoms with E-state index in [1.807, 2.05) is 12.1 Å². The Balaban J connectivity index is 1.74. The molecule has 1 saturated heterocycles.